The predicted molar refractivity (Wildman–Crippen MR) is 85.9 cm³/mol. The second-order valence-corrected chi connectivity index (χ2v) is 6.89. The molecule has 0 bridgehead atoms. The number of nitrogens with two attached hydrogens (primary N) is 1. The molecule has 5 heteroatoms. The number of rotatable bonds is 5. The first-order valence-corrected chi connectivity index (χ1v) is 7.40. The molecule has 0 saturated carbocycles. The largest absolute Gasteiger partial charge is 0.497 e. The SMILES string of the molecule is COc1ccc(Br)c(NC(=O)C(CN)CC(C)(C)C)c1. The van der Waals surface area contributed by atoms with Gasteiger partial charge in [-0.15, -0.1) is 0 Å². The summed E-state index contributed by atoms with van der Waals surface area (Å²) in [6.07, 6.45) is 0.747. The Morgan fingerprint density at radius 2 is 2.10 bits per heavy atom. The molecule has 4 nitrogen and oxygen atoms in total. The van der Waals surface area contributed by atoms with Gasteiger partial charge in [0.05, 0.1) is 18.7 Å². The summed E-state index contributed by atoms with van der Waals surface area (Å²) in [5.41, 5.74) is 6.49. The molecule has 0 aromatic heterocycles. The van der Waals surface area contributed by atoms with Gasteiger partial charge in [0.2, 0.25) is 5.91 Å². The Hall–Kier alpha value is -1.07. The third-order valence-electron chi connectivity index (χ3n) is 2.95. The van der Waals surface area contributed by atoms with Gasteiger partial charge in [-0.3, -0.25) is 4.79 Å². The van der Waals surface area contributed by atoms with Crippen molar-refractivity contribution in [2.45, 2.75) is 27.2 Å². The zero-order chi connectivity index (χ0) is 15.3. The molecule has 0 heterocycles. The second kappa shape index (κ2) is 7.09. The lowest BCUT2D eigenvalue weighted by Gasteiger charge is -2.24. The van der Waals surface area contributed by atoms with E-state index in [0.29, 0.717) is 18.0 Å². The second-order valence-electron chi connectivity index (χ2n) is 6.03. The summed E-state index contributed by atoms with van der Waals surface area (Å²) in [5, 5.41) is 2.91. The zero-order valence-electron chi connectivity index (χ0n) is 12.5. The Morgan fingerprint density at radius 3 is 2.60 bits per heavy atom. The van der Waals surface area contributed by atoms with Gasteiger partial charge in [-0.25, -0.2) is 0 Å². The summed E-state index contributed by atoms with van der Waals surface area (Å²) in [6, 6.07) is 5.46. The molecule has 0 radical (unpaired) electrons. The number of halogens is 1. The van der Waals surface area contributed by atoms with Crippen LogP contribution in [0.25, 0.3) is 0 Å². The van der Waals surface area contributed by atoms with Crippen molar-refractivity contribution in [3.63, 3.8) is 0 Å². The van der Waals surface area contributed by atoms with E-state index in [1.54, 1.807) is 13.2 Å². The van der Waals surface area contributed by atoms with E-state index in [-0.39, 0.29) is 17.2 Å². The van der Waals surface area contributed by atoms with Crippen molar-refractivity contribution >= 4 is 27.5 Å². The van der Waals surface area contributed by atoms with E-state index in [4.69, 9.17) is 10.5 Å². The van der Waals surface area contributed by atoms with Crippen LogP contribution in [0, 0.1) is 11.3 Å². The molecule has 20 heavy (non-hydrogen) atoms. The molecule has 1 amide bonds. The molecule has 1 aromatic carbocycles. The van der Waals surface area contributed by atoms with E-state index in [2.05, 4.69) is 42.0 Å². The van der Waals surface area contributed by atoms with Gasteiger partial charge in [0.15, 0.2) is 0 Å². The van der Waals surface area contributed by atoms with Gasteiger partial charge in [-0.2, -0.15) is 0 Å². The molecule has 0 aliphatic carbocycles. The number of methoxy groups -OCH3 is 1. The fraction of sp³-hybridized carbons (Fsp3) is 0.533. The smallest absolute Gasteiger partial charge is 0.228 e. The summed E-state index contributed by atoms with van der Waals surface area (Å²) in [4.78, 5) is 12.3. The predicted octanol–water partition coefficient (Wildman–Crippen LogP) is 3.41. The molecular weight excluding hydrogens is 320 g/mol. The lowest BCUT2D eigenvalue weighted by atomic mass is 9.84. The van der Waals surface area contributed by atoms with Gasteiger partial charge in [-0.1, -0.05) is 20.8 Å². The van der Waals surface area contributed by atoms with Crippen LogP contribution in [0.2, 0.25) is 0 Å². The maximum atomic E-state index is 12.3. The quantitative estimate of drug-likeness (QED) is 0.861. The van der Waals surface area contributed by atoms with Crippen LogP contribution in [0.1, 0.15) is 27.2 Å². The van der Waals surface area contributed by atoms with Gasteiger partial charge in [0.25, 0.3) is 0 Å². The van der Waals surface area contributed by atoms with Crippen LogP contribution < -0.4 is 15.8 Å². The van der Waals surface area contributed by atoms with Crippen LogP contribution in [0.15, 0.2) is 22.7 Å². The van der Waals surface area contributed by atoms with Gasteiger partial charge in [-0.05, 0) is 39.9 Å². The third-order valence-corrected chi connectivity index (χ3v) is 3.64. The van der Waals surface area contributed by atoms with Crippen molar-refractivity contribution in [1.29, 1.82) is 0 Å². The molecule has 112 valence electrons. The van der Waals surface area contributed by atoms with Crippen LogP contribution in [0.5, 0.6) is 5.75 Å². The average molecular weight is 343 g/mol. The van der Waals surface area contributed by atoms with E-state index in [1.165, 1.54) is 0 Å². The number of nitrogens with one attached hydrogen (secondary N) is 1. The van der Waals surface area contributed by atoms with Crippen molar-refractivity contribution < 1.29 is 9.53 Å². The molecule has 0 spiro atoms. The van der Waals surface area contributed by atoms with Crippen molar-refractivity contribution in [2.24, 2.45) is 17.1 Å². The Labute approximate surface area is 129 Å². The van der Waals surface area contributed by atoms with E-state index < -0.39 is 0 Å². The molecule has 1 rings (SSSR count). The number of carbonyl (C=O) groups is 1. The van der Waals surface area contributed by atoms with Crippen molar-refractivity contribution in [3.05, 3.63) is 22.7 Å². The van der Waals surface area contributed by atoms with Crippen LogP contribution in [-0.2, 0) is 4.79 Å². The number of anilines is 1. The molecule has 0 aliphatic rings. The highest BCUT2D eigenvalue weighted by molar-refractivity contribution is 9.10. The highest BCUT2D eigenvalue weighted by atomic mass is 79.9. The summed E-state index contributed by atoms with van der Waals surface area (Å²) >= 11 is 3.42. The van der Waals surface area contributed by atoms with Gasteiger partial charge in [0.1, 0.15) is 5.75 Å². The lowest BCUT2D eigenvalue weighted by molar-refractivity contribution is -0.120. The number of ether oxygens (including phenoxy) is 1. The lowest BCUT2D eigenvalue weighted by Crippen LogP contribution is -2.32. The van der Waals surface area contributed by atoms with Crippen LogP contribution in [-0.4, -0.2) is 19.6 Å². The van der Waals surface area contributed by atoms with E-state index in [0.717, 1.165) is 10.9 Å². The summed E-state index contributed by atoms with van der Waals surface area (Å²) in [6.45, 7) is 6.64. The number of carbonyl (C=O) groups excluding carboxylic acids is 1. The Kier molecular flexibility index (Phi) is 6.02. The number of hydrogen-bond acceptors (Lipinski definition) is 3. The van der Waals surface area contributed by atoms with E-state index >= 15 is 0 Å². The van der Waals surface area contributed by atoms with Crippen molar-refractivity contribution in [2.75, 3.05) is 19.0 Å². The van der Waals surface area contributed by atoms with Crippen LogP contribution in [0.3, 0.4) is 0 Å². The maximum absolute atomic E-state index is 12.3. The summed E-state index contributed by atoms with van der Waals surface area (Å²) < 4.78 is 5.98. The van der Waals surface area contributed by atoms with E-state index in [9.17, 15) is 4.79 Å². The van der Waals surface area contributed by atoms with Gasteiger partial charge in [0, 0.05) is 17.1 Å². The van der Waals surface area contributed by atoms with Gasteiger partial charge >= 0.3 is 0 Å². The zero-order valence-corrected chi connectivity index (χ0v) is 14.1. The molecular formula is C15H23BrN2O2. The Bertz CT molecular complexity index is 469. The topological polar surface area (TPSA) is 64.3 Å². The van der Waals surface area contributed by atoms with Crippen molar-refractivity contribution in [3.8, 4) is 5.75 Å². The van der Waals surface area contributed by atoms with Crippen molar-refractivity contribution in [1.82, 2.24) is 0 Å². The Morgan fingerprint density at radius 1 is 1.45 bits per heavy atom. The minimum atomic E-state index is -0.201. The van der Waals surface area contributed by atoms with Gasteiger partial charge < -0.3 is 15.8 Å². The highest BCUT2D eigenvalue weighted by Gasteiger charge is 2.24. The first-order chi connectivity index (χ1) is 9.26. The molecule has 0 aliphatic heterocycles. The number of benzene rings is 1. The molecule has 0 saturated heterocycles. The molecule has 1 unspecified atom stereocenters. The summed E-state index contributed by atoms with van der Waals surface area (Å²) in [7, 11) is 1.59. The Balaban J connectivity index is 2.83. The molecule has 3 N–H and O–H groups in total. The fourth-order valence-corrected chi connectivity index (χ4v) is 2.33. The first-order valence-electron chi connectivity index (χ1n) is 6.61. The normalized spacial score (nSPS) is 12.9. The third kappa shape index (κ3) is 5.13. The molecule has 1 aromatic rings. The minimum Gasteiger partial charge on any atom is -0.497 e. The minimum absolute atomic E-state index is 0.0589. The maximum Gasteiger partial charge on any atom is 0.228 e. The average Bonchev–Trinajstić information content (AvgIpc) is 2.37. The molecule has 0 fully saturated rings. The summed E-state index contributed by atoms with van der Waals surface area (Å²) in [5.74, 6) is 0.438. The first kappa shape index (κ1) is 17.0. The fourth-order valence-electron chi connectivity index (χ4n) is 1.98. The standard InChI is InChI=1S/C15H23BrN2O2/c1-15(2,3)8-10(9-17)14(19)18-13-7-11(20-4)5-6-12(13)16/h5-7,10H,8-9,17H2,1-4H3,(H,18,19). The highest BCUT2D eigenvalue weighted by Crippen LogP contribution is 2.29. The molecule has 1 atom stereocenters. The number of hydrogen-bond donors (Lipinski definition) is 2. The van der Waals surface area contributed by atoms with E-state index in [1.807, 2.05) is 12.1 Å². The monoisotopic (exact) mass is 342 g/mol. The number of amides is 1. The van der Waals surface area contributed by atoms with Crippen LogP contribution in [0.4, 0.5) is 5.69 Å². The van der Waals surface area contributed by atoms with Crippen LogP contribution >= 0.6 is 15.9 Å².